The number of halogens is 1. The zero-order valence-electron chi connectivity index (χ0n) is 18.8. The number of benzene rings is 3. The molecule has 0 N–H and O–H groups in total. The monoisotopic (exact) mass is 443 g/mol. The van der Waals surface area contributed by atoms with Gasteiger partial charge in [-0.25, -0.2) is 4.39 Å². The van der Waals surface area contributed by atoms with Gasteiger partial charge in [0, 0.05) is 25.0 Å². The Kier molecular flexibility index (Phi) is 5.73. The van der Waals surface area contributed by atoms with Crippen LogP contribution in [0.4, 0.5) is 4.39 Å². The van der Waals surface area contributed by atoms with E-state index in [0.717, 1.165) is 23.0 Å². The maximum atomic E-state index is 14.9. The van der Waals surface area contributed by atoms with Gasteiger partial charge in [-0.2, -0.15) is 0 Å². The van der Waals surface area contributed by atoms with E-state index < -0.39 is 0 Å². The van der Waals surface area contributed by atoms with E-state index in [2.05, 4.69) is 48.2 Å². The first-order valence-corrected chi connectivity index (χ1v) is 11.2. The van der Waals surface area contributed by atoms with E-state index in [-0.39, 0.29) is 17.7 Å². The molecule has 4 aromatic rings. The van der Waals surface area contributed by atoms with Crippen molar-refractivity contribution in [1.29, 1.82) is 0 Å². The van der Waals surface area contributed by atoms with Crippen LogP contribution in [0, 0.1) is 18.7 Å². The molecule has 0 spiro atoms. The normalized spacial score (nSPS) is 14.4. The second-order valence-electron chi connectivity index (χ2n) is 8.87. The number of nitrogens with zero attached hydrogens (tertiary/aromatic N) is 1. The van der Waals surface area contributed by atoms with Crippen molar-refractivity contribution in [2.24, 2.45) is 5.92 Å². The van der Waals surface area contributed by atoms with Gasteiger partial charge in [-0.05, 0) is 60.4 Å². The average molecular weight is 444 g/mol. The molecule has 0 unspecified atom stereocenters. The van der Waals surface area contributed by atoms with Crippen LogP contribution >= 0.6 is 0 Å². The SMILES string of the molecule is COC(=O)C1CN(Cc2ccc(-c3cc4cc(Cc5ccc(C)cc5)ccc4o3)c(F)c2)C1. The van der Waals surface area contributed by atoms with Crippen LogP contribution in [0.25, 0.3) is 22.3 Å². The number of hydrogen-bond donors (Lipinski definition) is 0. The predicted molar refractivity (Wildman–Crippen MR) is 126 cm³/mol. The number of carbonyl (C=O) groups excluding carboxylic acids is 1. The number of hydrogen-bond acceptors (Lipinski definition) is 4. The summed E-state index contributed by atoms with van der Waals surface area (Å²) < 4.78 is 25.7. The molecule has 5 heteroatoms. The number of furan rings is 1. The summed E-state index contributed by atoms with van der Waals surface area (Å²) in [6.07, 6.45) is 0.840. The van der Waals surface area contributed by atoms with E-state index in [1.165, 1.54) is 23.8 Å². The number of ether oxygens (including phenoxy) is 1. The molecule has 1 aliphatic rings. The molecule has 0 aliphatic carbocycles. The smallest absolute Gasteiger partial charge is 0.311 e. The van der Waals surface area contributed by atoms with Gasteiger partial charge in [-0.1, -0.05) is 42.0 Å². The fourth-order valence-corrected chi connectivity index (χ4v) is 4.41. The number of fused-ring (bicyclic) bond motifs is 1. The van der Waals surface area contributed by atoms with Crippen LogP contribution in [0.15, 0.2) is 71.1 Å². The molecule has 3 aromatic carbocycles. The first-order valence-electron chi connectivity index (χ1n) is 11.2. The maximum Gasteiger partial charge on any atom is 0.311 e. The fourth-order valence-electron chi connectivity index (χ4n) is 4.41. The molecule has 5 rings (SSSR count). The largest absolute Gasteiger partial charge is 0.469 e. The molecule has 4 nitrogen and oxygen atoms in total. The fraction of sp³-hybridized carbons (Fsp3) is 0.250. The van der Waals surface area contributed by atoms with Crippen molar-refractivity contribution in [1.82, 2.24) is 4.90 Å². The third-order valence-electron chi connectivity index (χ3n) is 6.31. The van der Waals surface area contributed by atoms with Crippen LogP contribution in [0.5, 0.6) is 0 Å². The van der Waals surface area contributed by atoms with E-state index in [1.54, 1.807) is 12.1 Å². The summed E-state index contributed by atoms with van der Waals surface area (Å²) in [7, 11) is 1.40. The van der Waals surface area contributed by atoms with Gasteiger partial charge >= 0.3 is 5.97 Å². The lowest BCUT2D eigenvalue weighted by Gasteiger charge is -2.37. The Morgan fingerprint density at radius 2 is 1.73 bits per heavy atom. The van der Waals surface area contributed by atoms with Crippen LogP contribution in [0.2, 0.25) is 0 Å². The van der Waals surface area contributed by atoms with Crippen molar-refractivity contribution in [2.75, 3.05) is 20.2 Å². The zero-order valence-corrected chi connectivity index (χ0v) is 18.8. The van der Waals surface area contributed by atoms with E-state index in [1.807, 2.05) is 18.2 Å². The van der Waals surface area contributed by atoms with Crippen molar-refractivity contribution in [3.05, 3.63) is 94.8 Å². The van der Waals surface area contributed by atoms with Gasteiger partial charge in [0.05, 0.1) is 18.6 Å². The van der Waals surface area contributed by atoms with Crippen LogP contribution in [-0.4, -0.2) is 31.1 Å². The Morgan fingerprint density at radius 1 is 1.00 bits per heavy atom. The number of likely N-dealkylation sites (tertiary alicyclic amines) is 1. The van der Waals surface area contributed by atoms with Crippen LogP contribution in [0.1, 0.15) is 22.3 Å². The highest BCUT2D eigenvalue weighted by molar-refractivity contribution is 5.83. The summed E-state index contributed by atoms with van der Waals surface area (Å²) in [5, 5.41) is 0.965. The highest BCUT2D eigenvalue weighted by Gasteiger charge is 2.33. The molecule has 1 aromatic heterocycles. The van der Waals surface area contributed by atoms with E-state index in [9.17, 15) is 9.18 Å². The molecule has 0 atom stereocenters. The lowest BCUT2D eigenvalue weighted by molar-refractivity contribution is -0.151. The lowest BCUT2D eigenvalue weighted by atomic mass is 9.99. The van der Waals surface area contributed by atoms with E-state index in [0.29, 0.717) is 31.0 Å². The molecule has 1 fully saturated rings. The summed E-state index contributed by atoms with van der Waals surface area (Å²) in [6, 6.07) is 21.8. The minimum Gasteiger partial charge on any atom is -0.469 e. The second kappa shape index (κ2) is 8.83. The molecule has 33 heavy (non-hydrogen) atoms. The third kappa shape index (κ3) is 4.55. The molecule has 0 amide bonds. The van der Waals surface area contributed by atoms with Crippen molar-refractivity contribution in [2.45, 2.75) is 19.9 Å². The number of esters is 1. The van der Waals surface area contributed by atoms with Gasteiger partial charge in [0.1, 0.15) is 17.2 Å². The third-order valence-corrected chi connectivity index (χ3v) is 6.31. The first-order chi connectivity index (χ1) is 16.0. The van der Waals surface area contributed by atoms with Crippen molar-refractivity contribution < 1.29 is 18.3 Å². The molecular formula is C28H26FNO3. The molecule has 0 bridgehead atoms. The number of rotatable bonds is 6. The maximum absolute atomic E-state index is 14.9. The summed E-state index contributed by atoms with van der Waals surface area (Å²) in [6.45, 7) is 3.97. The zero-order chi connectivity index (χ0) is 22.9. The number of methoxy groups -OCH3 is 1. The highest BCUT2D eigenvalue weighted by atomic mass is 19.1. The van der Waals surface area contributed by atoms with Gasteiger partial charge in [-0.15, -0.1) is 0 Å². The first kappa shape index (κ1) is 21.4. The van der Waals surface area contributed by atoms with Gasteiger partial charge < -0.3 is 9.15 Å². The summed E-state index contributed by atoms with van der Waals surface area (Å²) in [5.74, 6) is -0.0435. The number of aryl methyl sites for hydroxylation is 1. The summed E-state index contributed by atoms with van der Waals surface area (Å²) >= 11 is 0. The van der Waals surface area contributed by atoms with Crippen molar-refractivity contribution in [3.63, 3.8) is 0 Å². The van der Waals surface area contributed by atoms with Crippen molar-refractivity contribution >= 4 is 16.9 Å². The minimum absolute atomic E-state index is 0.0782. The van der Waals surface area contributed by atoms with Gasteiger partial charge in [-0.3, -0.25) is 9.69 Å². The molecule has 0 saturated carbocycles. The Bertz CT molecular complexity index is 1300. The summed E-state index contributed by atoms with van der Waals surface area (Å²) in [5.41, 5.74) is 5.76. The van der Waals surface area contributed by atoms with Gasteiger partial charge in [0.2, 0.25) is 0 Å². The van der Waals surface area contributed by atoms with E-state index in [4.69, 9.17) is 9.15 Å². The predicted octanol–water partition coefficient (Wildman–Crippen LogP) is 5.74. The Hall–Kier alpha value is -3.44. The second-order valence-corrected chi connectivity index (χ2v) is 8.87. The van der Waals surface area contributed by atoms with Crippen LogP contribution in [-0.2, 0) is 22.5 Å². The Balaban J connectivity index is 1.30. The Morgan fingerprint density at radius 3 is 2.45 bits per heavy atom. The van der Waals surface area contributed by atoms with Crippen molar-refractivity contribution in [3.8, 4) is 11.3 Å². The average Bonchev–Trinajstić information content (AvgIpc) is 3.20. The molecule has 1 saturated heterocycles. The summed E-state index contributed by atoms with van der Waals surface area (Å²) in [4.78, 5) is 13.6. The molecule has 0 radical (unpaired) electrons. The van der Waals surface area contributed by atoms with Crippen LogP contribution in [0.3, 0.4) is 0 Å². The molecule has 2 heterocycles. The molecular weight excluding hydrogens is 417 g/mol. The quantitative estimate of drug-likeness (QED) is 0.356. The topological polar surface area (TPSA) is 42.7 Å². The molecule has 168 valence electrons. The van der Waals surface area contributed by atoms with Gasteiger partial charge in [0.25, 0.3) is 0 Å². The van der Waals surface area contributed by atoms with Gasteiger partial charge in [0.15, 0.2) is 0 Å². The standard InChI is InChI=1S/C28H26FNO3/c1-18-3-5-19(6-4-18)11-20-8-10-26-22(12-20)14-27(33-26)24-9-7-21(13-25(24)29)15-30-16-23(17-30)28(31)32-2/h3-10,12-14,23H,11,15-17H2,1-2H3. The van der Waals surface area contributed by atoms with Crippen LogP contribution < -0.4 is 0 Å². The number of carbonyl (C=O) groups is 1. The lowest BCUT2D eigenvalue weighted by Crippen LogP contribution is -2.49. The molecule has 1 aliphatic heterocycles. The Labute approximate surface area is 192 Å². The van der Waals surface area contributed by atoms with E-state index >= 15 is 0 Å². The minimum atomic E-state index is -0.309. The highest BCUT2D eigenvalue weighted by Crippen LogP contribution is 2.31.